The number of hydrogen-bond acceptors (Lipinski definition) is 3. The van der Waals surface area contributed by atoms with Crippen molar-refractivity contribution in [1.29, 1.82) is 0 Å². The van der Waals surface area contributed by atoms with Crippen molar-refractivity contribution in [2.75, 3.05) is 5.73 Å². The van der Waals surface area contributed by atoms with Gasteiger partial charge in [-0.1, -0.05) is 13.8 Å². The minimum absolute atomic E-state index is 0.249. The van der Waals surface area contributed by atoms with Gasteiger partial charge < -0.3 is 5.73 Å². The molecule has 0 saturated carbocycles. The van der Waals surface area contributed by atoms with Gasteiger partial charge in [-0.3, -0.25) is 13.9 Å². The van der Waals surface area contributed by atoms with Crippen molar-refractivity contribution in [3.05, 3.63) is 26.9 Å². The van der Waals surface area contributed by atoms with Crippen LogP contribution in [0.5, 0.6) is 0 Å². The summed E-state index contributed by atoms with van der Waals surface area (Å²) in [7, 11) is 0. The van der Waals surface area contributed by atoms with Crippen LogP contribution in [-0.4, -0.2) is 9.13 Å². The molecule has 0 aliphatic carbocycles. The molecule has 0 amide bonds. The fourth-order valence-corrected chi connectivity index (χ4v) is 1.51. The van der Waals surface area contributed by atoms with Crippen molar-refractivity contribution < 1.29 is 0 Å². The molecular weight excluding hydrogens is 194 g/mol. The van der Waals surface area contributed by atoms with Crippen LogP contribution in [0.1, 0.15) is 26.7 Å². The van der Waals surface area contributed by atoms with Crippen molar-refractivity contribution in [2.45, 2.75) is 39.8 Å². The lowest BCUT2D eigenvalue weighted by Gasteiger charge is -2.10. The predicted molar refractivity (Wildman–Crippen MR) is 60.0 cm³/mol. The third-order valence-corrected chi connectivity index (χ3v) is 2.21. The minimum atomic E-state index is -0.313. The summed E-state index contributed by atoms with van der Waals surface area (Å²) in [6.07, 6.45) is 1.57. The van der Waals surface area contributed by atoms with Gasteiger partial charge in [-0.2, -0.15) is 0 Å². The van der Waals surface area contributed by atoms with Gasteiger partial charge in [0, 0.05) is 19.2 Å². The summed E-state index contributed by atoms with van der Waals surface area (Å²) in [5.41, 5.74) is 5.01. The number of anilines is 1. The van der Waals surface area contributed by atoms with Crippen LogP contribution in [0.2, 0.25) is 0 Å². The summed E-state index contributed by atoms with van der Waals surface area (Å²) in [5.74, 6) is 0.249. The van der Waals surface area contributed by atoms with Crippen molar-refractivity contribution in [1.82, 2.24) is 9.13 Å². The second kappa shape index (κ2) is 4.82. The lowest BCUT2D eigenvalue weighted by atomic mass is 10.4. The van der Waals surface area contributed by atoms with Gasteiger partial charge in [-0.05, 0) is 12.8 Å². The molecule has 0 atom stereocenters. The quantitative estimate of drug-likeness (QED) is 0.784. The van der Waals surface area contributed by atoms with Gasteiger partial charge in [0.05, 0.1) is 0 Å². The van der Waals surface area contributed by atoms with Crippen molar-refractivity contribution in [3.8, 4) is 0 Å². The van der Waals surface area contributed by atoms with E-state index in [2.05, 4.69) is 0 Å². The number of nitrogens with zero attached hydrogens (tertiary/aromatic N) is 2. The largest absolute Gasteiger partial charge is 0.385 e. The van der Waals surface area contributed by atoms with Crippen molar-refractivity contribution >= 4 is 5.82 Å². The highest BCUT2D eigenvalue weighted by atomic mass is 16.2. The summed E-state index contributed by atoms with van der Waals surface area (Å²) < 4.78 is 2.67. The van der Waals surface area contributed by atoms with Crippen LogP contribution in [0, 0.1) is 0 Å². The first-order chi connectivity index (χ1) is 7.11. The summed E-state index contributed by atoms with van der Waals surface area (Å²) in [5, 5.41) is 0. The number of nitrogens with two attached hydrogens (primary N) is 1. The number of aromatic nitrogens is 2. The first kappa shape index (κ1) is 11.6. The molecular formula is C10H17N3O2. The van der Waals surface area contributed by atoms with E-state index >= 15 is 0 Å². The number of hydrogen-bond donors (Lipinski definition) is 1. The SMILES string of the molecule is CCCn1c(N)cc(=O)n(CCC)c1=O. The summed E-state index contributed by atoms with van der Waals surface area (Å²) >= 11 is 0. The molecule has 0 aromatic carbocycles. The highest BCUT2D eigenvalue weighted by Crippen LogP contribution is 1.96. The van der Waals surface area contributed by atoms with Gasteiger partial charge in [-0.25, -0.2) is 4.79 Å². The van der Waals surface area contributed by atoms with E-state index < -0.39 is 0 Å². The molecule has 84 valence electrons. The molecule has 5 nitrogen and oxygen atoms in total. The van der Waals surface area contributed by atoms with E-state index in [1.807, 2.05) is 13.8 Å². The summed E-state index contributed by atoms with van der Waals surface area (Å²) in [6, 6.07) is 1.31. The summed E-state index contributed by atoms with van der Waals surface area (Å²) in [6.45, 7) is 4.88. The molecule has 0 fully saturated rings. The second-order valence-electron chi connectivity index (χ2n) is 3.49. The first-order valence-corrected chi connectivity index (χ1v) is 5.22. The highest BCUT2D eigenvalue weighted by Gasteiger charge is 2.07. The molecule has 0 radical (unpaired) electrons. The lowest BCUT2D eigenvalue weighted by molar-refractivity contribution is 0.546. The van der Waals surface area contributed by atoms with E-state index in [0.29, 0.717) is 13.1 Å². The van der Waals surface area contributed by atoms with Crippen LogP contribution in [0.15, 0.2) is 15.7 Å². The predicted octanol–water partition coefficient (Wildman–Crippen LogP) is 0.412. The zero-order valence-corrected chi connectivity index (χ0v) is 9.19. The molecule has 0 bridgehead atoms. The minimum Gasteiger partial charge on any atom is -0.385 e. The lowest BCUT2D eigenvalue weighted by Crippen LogP contribution is -2.40. The zero-order chi connectivity index (χ0) is 11.4. The van der Waals surface area contributed by atoms with Gasteiger partial charge in [0.2, 0.25) is 0 Å². The highest BCUT2D eigenvalue weighted by molar-refractivity contribution is 5.26. The van der Waals surface area contributed by atoms with Crippen LogP contribution >= 0.6 is 0 Å². The first-order valence-electron chi connectivity index (χ1n) is 5.22. The van der Waals surface area contributed by atoms with Gasteiger partial charge in [-0.15, -0.1) is 0 Å². The Kier molecular flexibility index (Phi) is 3.71. The Morgan fingerprint density at radius 3 is 2.20 bits per heavy atom. The Hall–Kier alpha value is -1.52. The molecule has 0 saturated heterocycles. The van der Waals surface area contributed by atoms with E-state index in [-0.39, 0.29) is 17.1 Å². The Labute approximate surface area is 88.1 Å². The maximum atomic E-state index is 11.8. The van der Waals surface area contributed by atoms with E-state index in [9.17, 15) is 9.59 Å². The summed E-state index contributed by atoms with van der Waals surface area (Å²) in [4.78, 5) is 23.3. The third kappa shape index (κ3) is 2.29. The van der Waals surface area contributed by atoms with Gasteiger partial charge in [0.1, 0.15) is 5.82 Å². The van der Waals surface area contributed by atoms with Gasteiger partial charge in [0.15, 0.2) is 0 Å². The molecule has 1 rings (SSSR count). The monoisotopic (exact) mass is 211 g/mol. The fraction of sp³-hybridized carbons (Fsp3) is 0.600. The Morgan fingerprint density at radius 1 is 1.13 bits per heavy atom. The van der Waals surface area contributed by atoms with E-state index in [0.717, 1.165) is 12.8 Å². The maximum absolute atomic E-state index is 11.8. The molecule has 15 heavy (non-hydrogen) atoms. The molecule has 5 heteroatoms. The van der Waals surface area contributed by atoms with E-state index in [4.69, 9.17) is 5.73 Å². The molecule has 1 aromatic rings. The fourth-order valence-electron chi connectivity index (χ4n) is 1.51. The van der Waals surface area contributed by atoms with Crippen molar-refractivity contribution in [3.63, 3.8) is 0 Å². The van der Waals surface area contributed by atoms with Crippen molar-refractivity contribution in [2.24, 2.45) is 0 Å². The number of rotatable bonds is 4. The topological polar surface area (TPSA) is 70.0 Å². The maximum Gasteiger partial charge on any atom is 0.332 e. The van der Waals surface area contributed by atoms with Crippen LogP contribution in [0.4, 0.5) is 5.82 Å². The average Bonchev–Trinajstić information content (AvgIpc) is 2.19. The van der Waals surface area contributed by atoms with Crippen LogP contribution < -0.4 is 17.0 Å². The molecule has 2 N–H and O–H groups in total. The zero-order valence-electron chi connectivity index (χ0n) is 9.19. The van der Waals surface area contributed by atoms with E-state index in [1.54, 1.807) is 0 Å². The molecule has 0 unspecified atom stereocenters. The average molecular weight is 211 g/mol. The smallest absolute Gasteiger partial charge is 0.332 e. The second-order valence-corrected chi connectivity index (χ2v) is 3.49. The third-order valence-electron chi connectivity index (χ3n) is 2.21. The van der Waals surface area contributed by atoms with E-state index in [1.165, 1.54) is 15.2 Å². The van der Waals surface area contributed by atoms with Gasteiger partial charge >= 0.3 is 5.69 Å². The Bertz CT molecular complexity index is 445. The normalized spacial score (nSPS) is 10.5. The molecule has 0 aliphatic rings. The molecule has 0 spiro atoms. The van der Waals surface area contributed by atoms with Crippen LogP contribution in [-0.2, 0) is 13.1 Å². The molecule has 0 aliphatic heterocycles. The van der Waals surface area contributed by atoms with Gasteiger partial charge in [0.25, 0.3) is 5.56 Å². The van der Waals surface area contributed by atoms with Crippen LogP contribution in [0.25, 0.3) is 0 Å². The molecule has 1 aromatic heterocycles. The number of nitrogen functional groups attached to an aromatic ring is 1. The Morgan fingerprint density at radius 2 is 1.67 bits per heavy atom. The Balaban J connectivity index is 3.36. The standard InChI is InChI=1S/C10H17N3O2/c1-3-5-12-8(11)7-9(14)13(6-4-2)10(12)15/h7H,3-6,11H2,1-2H3. The molecule has 1 heterocycles. The van der Waals surface area contributed by atoms with Crippen LogP contribution in [0.3, 0.4) is 0 Å².